The number of nitrogens with zero attached hydrogens (tertiary/aromatic N) is 1. The van der Waals surface area contributed by atoms with E-state index in [1.165, 1.54) is 7.11 Å². The molecule has 0 aliphatic rings. The molecule has 112 valence electrons. The lowest BCUT2D eigenvalue weighted by atomic mass is 10.2. The van der Waals surface area contributed by atoms with E-state index in [0.717, 1.165) is 11.3 Å². The third kappa shape index (κ3) is 5.02. The number of benzene rings is 1. The normalized spacial score (nSPS) is 10.5. The van der Waals surface area contributed by atoms with Crippen LogP contribution in [0.2, 0.25) is 0 Å². The van der Waals surface area contributed by atoms with E-state index in [1.54, 1.807) is 6.07 Å². The quantitative estimate of drug-likeness (QED) is 0.594. The van der Waals surface area contributed by atoms with Crippen LogP contribution in [0.25, 0.3) is 0 Å². The van der Waals surface area contributed by atoms with Gasteiger partial charge < -0.3 is 14.2 Å². The van der Waals surface area contributed by atoms with Crippen molar-refractivity contribution in [3.63, 3.8) is 0 Å². The van der Waals surface area contributed by atoms with Gasteiger partial charge in [-0.05, 0) is 11.6 Å². The number of ether oxygens (including phenoxy) is 3. The van der Waals surface area contributed by atoms with Crippen LogP contribution < -0.4 is 0 Å². The average Bonchev–Trinajstić information content (AvgIpc) is 3.00. The Morgan fingerprint density at radius 2 is 1.86 bits per heavy atom. The summed E-state index contributed by atoms with van der Waals surface area (Å²) in [5.74, 6) is -0.469. The van der Waals surface area contributed by atoms with Gasteiger partial charge in [0.05, 0.1) is 39.2 Å². The number of esters is 1. The first-order valence-electron chi connectivity index (χ1n) is 6.61. The lowest BCUT2D eigenvalue weighted by molar-refractivity contribution is 0.0328. The predicted molar refractivity (Wildman–Crippen MR) is 75.7 cm³/mol. The van der Waals surface area contributed by atoms with Gasteiger partial charge in [0.2, 0.25) is 0 Å². The number of methoxy groups -OCH3 is 1. The van der Waals surface area contributed by atoms with Crippen LogP contribution in [-0.4, -0.2) is 36.5 Å². The summed E-state index contributed by atoms with van der Waals surface area (Å²) in [6, 6.07) is 11.6. The summed E-state index contributed by atoms with van der Waals surface area (Å²) in [7, 11) is 1.32. The molecule has 0 saturated carbocycles. The van der Waals surface area contributed by atoms with Crippen molar-refractivity contribution in [3.8, 4) is 0 Å². The standard InChI is InChI=1S/C15H18N2O4/c1-19-15(18)14-9-13(16-17-14)11-21-8-7-20-10-12-5-3-2-4-6-12/h2-6,9H,7-8,10-11H2,1H3,(H,16,17). The number of hydrogen-bond acceptors (Lipinski definition) is 5. The number of nitrogens with one attached hydrogen (secondary N) is 1. The smallest absolute Gasteiger partial charge is 0.358 e. The predicted octanol–water partition coefficient (Wildman–Crippen LogP) is 1.93. The van der Waals surface area contributed by atoms with E-state index >= 15 is 0 Å². The summed E-state index contributed by atoms with van der Waals surface area (Å²) in [6.45, 7) is 1.89. The van der Waals surface area contributed by atoms with E-state index in [-0.39, 0.29) is 5.69 Å². The first-order valence-corrected chi connectivity index (χ1v) is 6.61. The number of aromatic amines is 1. The topological polar surface area (TPSA) is 73.4 Å². The van der Waals surface area contributed by atoms with Crippen LogP contribution in [0.3, 0.4) is 0 Å². The van der Waals surface area contributed by atoms with Crippen LogP contribution in [0, 0.1) is 0 Å². The lowest BCUT2D eigenvalue weighted by Crippen LogP contribution is -2.04. The Balaban J connectivity index is 1.59. The fourth-order valence-corrected chi connectivity index (χ4v) is 1.71. The van der Waals surface area contributed by atoms with E-state index < -0.39 is 5.97 Å². The van der Waals surface area contributed by atoms with Crippen LogP contribution in [0.15, 0.2) is 36.4 Å². The van der Waals surface area contributed by atoms with Crippen molar-refractivity contribution in [3.05, 3.63) is 53.3 Å². The van der Waals surface area contributed by atoms with Gasteiger partial charge in [-0.1, -0.05) is 30.3 Å². The molecule has 0 saturated heterocycles. The van der Waals surface area contributed by atoms with Crippen molar-refractivity contribution >= 4 is 5.97 Å². The molecule has 1 N–H and O–H groups in total. The molecule has 0 atom stereocenters. The largest absolute Gasteiger partial charge is 0.464 e. The number of hydrogen-bond donors (Lipinski definition) is 1. The molecule has 0 spiro atoms. The fourth-order valence-electron chi connectivity index (χ4n) is 1.71. The molecule has 2 aromatic rings. The molecule has 2 rings (SSSR count). The molecule has 21 heavy (non-hydrogen) atoms. The minimum absolute atomic E-state index is 0.247. The molecule has 6 nitrogen and oxygen atoms in total. The Morgan fingerprint density at radius 3 is 2.57 bits per heavy atom. The molecule has 0 amide bonds. The molecule has 1 heterocycles. The zero-order chi connectivity index (χ0) is 14.9. The van der Waals surface area contributed by atoms with Gasteiger partial charge in [-0.2, -0.15) is 5.10 Å². The van der Waals surface area contributed by atoms with Crippen molar-refractivity contribution in [1.29, 1.82) is 0 Å². The Labute approximate surface area is 123 Å². The van der Waals surface area contributed by atoms with Gasteiger partial charge in [-0.15, -0.1) is 0 Å². The molecule has 6 heteroatoms. The van der Waals surface area contributed by atoms with Gasteiger partial charge >= 0.3 is 5.97 Å². The summed E-state index contributed by atoms with van der Waals surface area (Å²) < 4.78 is 15.5. The molecule has 1 aromatic carbocycles. The highest BCUT2D eigenvalue weighted by Crippen LogP contribution is 2.03. The Bertz CT molecular complexity index is 554. The number of aromatic nitrogens is 2. The minimum Gasteiger partial charge on any atom is -0.464 e. The first-order chi connectivity index (χ1) is 10.3. The summed E-state index contributed by atoms with van der Waals surface area (Å²) in [6.07, 6.45) is 0. The molecule has 0 aliphatic carbocycles. The Morgan fingerprint density at radius 1 is 1.14 bits per heavy atom. The highest BCUT2D eigenvalue weighted by atomic mass is 16.5. The minimum atomic E-state index is -0.469. The van der Waals surface area contributed by atoms with Crippen LogP contribution in [0.1, 0.15) is 21.7 Å². The summed E-state index contributed by atoms with van der Waals surface area (Å²) in [5.41, 5.74) is 2.10. The molecule has 1 aromatic heterocycles. The van der Waals surface area contributed by atoms with Crippen molar-refractivity contribution in [1.82, 2.24) is 10.2 Å². The van der Waals surface area contributed by atoms with Gasteiger partial charge in [0.1, 0.15) is 0 Å². The van der Waals surface area contributed by atoms with Crippen LogP contribution in [-0.2, 0) is 27.4 Å². The monoisotopic (exact) mass is 290 g/mol. The van der Waals surface area contributed by atoms with Crippen LogP contribution in [0.5, 0.6) is 0 Å². The van der Waals surface area contributed by atoms with Crippen molar-refractivity contribution in [2.24, 2.45) is 0 Å². The zero-order valence-corrected chi connectivity index (χ0v) is 11.9. The summed E-state index contributed by atoms with van der Waals surface area (Å²) in [4.78, 5) is 11.2. The highest BCUT2D eigenvalue weighted by Gasteiger charge is 2.09. The van der Waals surface area contributed by atoms with Gasteiger partial charge in [0.25, 0.3) is 0 Å². The zero-order valence-electron chi connectivity index (χ0n) is 11.9. The maximum atomic E-state index is 11.2. The van der Waals surface area contributed by atoms with Gasteiger partial charge in [0.15, 0.2) is 5.69 Å². The maximum Gasteiger partial charge on any atom is 0.358 e. The molecule has 0 unspecified atom stereocenters. The van der Waals surface area contributed by atoms with Crippen molar-refractivity contribution < 1.29 is 19.0 Å². The number of rotatable bonds is 8. The number of H-pyrrole nitrogens is 1. The van der Waals surface area contributed by atoms with E-state index in [0.29, 0.717) is 26.4 Å². The third-order valence-corrected chi connectivity index (χ3v) is 2.77. The van der Waals surface area contributed by atoms with Gasteiger partial charge in [-0.3, -0.25) is 5.10 Å². The molecule has 0 bridgehead atoms. The SMILES string of the molecule is COC(=O)c1cc(COCCOCc2ccccc2)[nH]n1. The lowest BCUT2D eigenvalue weighted by Gasteiger charge is -2.05. The molecule has 0 aliphatic heterocycles. The van der Waals surface area contributed by atoms with Crippen LogP contribution in [0.4, 0.5) is 0 Å². The van der Waals surface area contributed by atoms with E-state index in [4.69, 9.17) is 9.47 Å². The second kappa shape index (κ2) is 8.18. The average molecular weight is 290 g/mol. The highest BCUT2D eigenvalue weighted by molar-refractivity contribution is 5.87. The number of carbonyl (C=O) groups is 1. The Hall–Kier alpha value is -2.18. The van der Waals surface area contributed by atoms with Gasteiger partial charge in [0, 0.05) is 0 Å². The van der Waals surface area contributed by atoms with E-state index in [1.807, 2.05) is 30.3 Å². The van der Waals surface area contributed by atoms with E-state index in [9.17, 15) is 4.79 Å². The first kappa shape index (κ1) is 15.2. The molecular formula is C15H18N2O4. The maximum absolute atomic E-state index is 11.2. The van der Waals surface area contributed by atoms with Crippen LogP contribution >= 0.6 is 0 Å². The van der Waals surface area contributed by atoms with Gasteiger partial charge in [-0.25, -0.2) is 4.79 Å². The second-order valence-corrected chi connectivity index (χ2v) is 4.36. The summed E-state index contributed by atoms with van der Waals surface area (Å²) >= 11 is 0. The van der Waals surface area contributed by atoms with E-state index in [2.05, 4.69) is 14.9 Å². The Kier molecular flexibility index (Phi) is 5.93. The fraction of sp³-hybridized carbons (Fsp3) is 0.333. The van der Waals surface area contributed by atoms with Crippen molar-refractivity contribution in [2.45, 2.75) is 13.2 Å². The number of carbonyl (C=O) groups excluding carboxylic acids is 1. The summed E-state index contributed by atoms with van der Waals surface area (Å²) in [5, 5.41) is 6.55. The molecular weight excluding hydrogens is 272 g/mol. The second-order valence-electron chi connectivity index (χ2n) is 4.36. The molecule has 0 fully saturated rings. The molecule has 0 radical (unpaired) electrons. The third-order valence-electron chi connectivity index (χ3n) is 2.77. The van der Waals surface area contributed by atoms with Crippen molar-refractivity contribution in [2.75, 3.05) is 20.3 Å².